The molecule has 110 valence electrons. The molecule has 1 aromatic heterocycles. The van der Waals surface area contributed by atoms with Gasteiger partial charge in [-0.25, -0.2) is 9.78 Å². The number of rotatable bonds is 2. The zero-order valence-electron chi connectivity index (χ0n) is 12.1. The number of anilines is 1. The topological polar surface area (TPSA) is 45.7 Å². The van der Waals surface area contributed by atoms with Crippen LogP contribution >= 0.6 is 11.3 Å². The molecule has 6 heteroatoms. The van der Waals surface area contributed by atoms with Crippen LogP contribution in [-0.2, 0) is 4.74 Å². The van der Waals surface area contributed by atoms with Gasteiger partial charge in [0.2, 0.25) is 0 Å². The number of piperazine rings is 1. The number of aryl methyl sites for hydroxylation is 1. The molecule has 0 spiro atoms. The summed E-state index contributed by atoms with van der Waals surface area (Å²) in [7, 11) is 1.42. The molecule has 2 saturated heterocycles. The maximum absolute atomic E-state index is 11.7. The standard InChI is InChI=1S/C14H21N3O2S/c1-10-12(13(18)19-2)20-14(15-10)17-8-7-16-6-4-3-5-11(16)9-17/h11H,3-9H2,1-2H3. The minimum absolute atomic E-state index is 0.275. The molecule has 0 N–H and O–H groups in total. The molecule has 0 amide bonds. The van der Waals surface area contributed by atoms with Crippen molar-refractivity contribution in [2.75, 3.05) is 38.2 Å². The number of piperidine rings is 1. The Hall–Kier alpha value is -1.14. The predicted molar refractivity (Wildman–Crippen MR) is 79.6 cm³/mol. The number of hydrogen-bond acceptors (Lipinski definition) is 6. The van der Waals surface area contributed by atoms with E-state index in [0.29, 0.717) is 10.9 Å². The molecule has 0 radical (unpaired) electrons. The lowest BCUT2D eigenvalue weighted by molar-refractivity contribution is 0.0605. The average molecular weight is 295 g/mol. The number of methoxy groups -OCH3 is 1. The van der Waals surface area contributed by atoms with E-state index in [4.69, 9.17) is 4.74 Å². The Morgan fingerprint density at radius 3 is 3.00 bits per heavy atom. The molecular formula is C14H21N3O2S. The second-order valence-electron chi connectivity index (χ2n) is 5.53. The fraction of sp³-hybridized carbons (Fsp3) is 0.714. The van der Waals surface area contributed by atoms with E-state index in [9.17, 15) is 4.79 Å². The number of carbonyl (C=O) groups is 1. The molecule has 20 heavy (non-hydrogen) atoms. The van der Waals surface area contributed by atoms with E-state index >= 15 is 0 Å². The summed E-state index contributed by atoms with van der Waals surface area (Å²) in [6.07, 6.45) is 3.95. The van der Waals surface area contributed by atoms with Gasteiger partial charge in [-0.3, -0.25) is 4.90 Å². The number of fused-ring (bicyclic) bond motifs is 1. The van der Waals surface area contributed by atoms with Gasteiger partial charge in [0.25, 0.3) is 0 Å². The summed E-state index contributed by atoms with van der Waals surface area (Å²) in [4.78, 5) is 21.8. The summed E-state index contributed by atoms with van der Waals surface area (Å²) in [6, 6.07) is 0.656. The molecule has 1 aromatic rings. The van der Waals surface area contributed by atoms with Crippen molar-refractivity contribution in [3.05, 3.63) is 10.6 Å². The van der Waals surface area contributed by atoms with Crippen LogP contribution in [0.2, 0.25) is 0 Å². The number of nitrogens with zero attached hydrogens (tertiary/aromatic N) is 3. The minimum Gasteiger partial charge on any atom is -0.465 e. The number of ether oxygens (including phenoxy) is 1. The lowest BCUT2D eigenvalue weighted by atomic mass is 10.00. The van der Waals surface area contributed by atoms with E-state index in [1.807, 2.05) is 6.92 Å². The van der Waals surface area contributed by atoms with Crippen LogP contribution in [0.1, 0.15) is 34.6 Å². The number of aromatic nitrogens is 1. The van der Waals surface area contributed by atoms with Gasteiger partial charge in [-0.2, -0.15) is 0 Å². The normalized spacial score (nSPS) is 23.5. The highest BCUT2D eigenvalue weighted by Gasteiger charge is 2.30. The van der Waals surface area contributed by atoms with Gasteiger partial charge in [-0.05, 0) is 26.3 Å². The fourth-order valence-corrected chi connectivity index (χ4v) is 4.15. The number of thiazole rings is 1. The second-order valence-corrected chi connectivity index (χ2v) is 6.51. The number of esters is 1. The minimum atomic E-state index is -0.275. The third-order valence-corrected chi connectivity index (χ3v) is 5.46. The molecule has 0 aromatic carbocycles. The molecule has 3 rings (SSSR count). The Morgan fingerprint density at radius 2 is 2.20 bits per heavy atom. The Labute approximate surface area is 123 Å². The van der Waals surface area contributed by atoms with Crippen molar-refractivity contribution in [3.63, 3.8) is 0 Å². The van der Waals surface area contributed by atoms with Crippen LogP contribution in [0.15, 0.2) is 0 Å². The number of carbonyl (C=O) groups excluding carboxylic acids is 1. The van der Waals surface area contributed by atoms with Crippen molar-refractivity contribution in [1.29, 1.82) is 0 Å². The first kappa shape index (κ1) is 13.8. The maximum atomic E-state index is 11.7. The Kier molecular flexibility index (Phi) is 3.94. The van der Waals surface area contributed by atoms with Crippen LogP contribution < -0.4 is 4.90 Å². The molecule has 1 atom stereocenters. The van der Waals surface area contributed by atoms with Gasteiger partial charge in [-0.15, -0.1) is 0 Å². The first-order valence-corrected chi connectivity index (χ1v) is 8.05. The fourth-order valence-electron chi connectivity index (χ4n) is 3.13. The largest absolute Gasteiger partial charge is 0.465 e. The van der Waals surface area contributed by atoms with E-state index in [0.717, 1.165) is 30.5 Å². The lowest BCUT2D eigenvalue weighted by Crippen LogP contribution is -2.54. The van der Waals surface area contributed by atoms with Gasteiger partial charge in [0, 0.05) is 25.7 Å². The van der Waals surface area contributed by atoms with E-state index in [2.05, 4.69) is 14.8 Å². The molecule has 2 aliphatic heterocycles. The molecule has 1 unspecified atom stereocenters. The predicted octanol–water partition coefficient (Wildman–Crippen LogP) is 1.91. The van der Waals surface area contributed by atoms with Gasteiger partial charge >= 0.3 is 5.97 Å². The zero-order valence-corrected chi connectivity index (χ0v) is 12.9. The smallest absolute Gasteiger partial charge is 0.350 e. The molecule has 0 bridgehead atoms. The van der Waals surface area contributed by atoms with Gasteiger partial charge in [-0.1, -0.05) is 17.8 Å². The van der Waals surface area contributed by atoms with Crippen molar-refractivity contribution in [1.82, 2.24) is 9.88 Å². The van der Waals surface area contributed by atoms with Gasteiger partial charge in [0.1, 0.15) is 4.88 Å². The van der Waals surface area contributed by atoms with Crippen LogP contribution in [0.3, 0.4) is 0 Å². The summed E-state index contributed by atoms with van der Waals surface area (Å²) in [5.41, 5.74) is 0.780. The molecule has 2 aliphatic rings. The SMILES string of the molecule is COC(=O)c1sc(N2CCN3CCCCC3C2)nc1C. The van der Waals surface area contributed by atoms with Crippen LogP contribution in [0.4, 0.5) is 5.13 Å². The van der Waals surface area contributed by atoms with Crippen molar-refractivity contribution >= 4 is 22.4 Å². The van der Waals surface area contributed by atoms with Crippen LogP contribution in [-0.4, -0.2) is 55.2 Å². The molecule has 5 nitrogen and oxygen atoms in total. The average Bonchev–Trinajstić information content (AvgIpc) is 2.88. The molecule has 2 fully saturated rings. The quantitative estimate of drug-likeness (QED) is 0.780. The first-order valence-electron chi connectivity index (χ1n) is 7.24. The van der Waals surface area contributed by atoms with Crippen molar-refractivity contribution in [2.45, 2.75) is 32.2 Å². The Bertz CT molecular complexity index is 503. The van der Waals surface area contributed by atoms with Crippen LogP contribution in [0, 0.1) is 6.92 Å². The van der Waals surface area contributed by atoms with Crippen LogP contribution in [0.25, 0.3) is 0 Å². The Morgan fingerprint density at radius 1 is 1.35 bits per heavy atom. The molecule has 0 saturated carbocycles. The third kappa shape index (κ3) is 2.54. The summed E-state index contributed by atoms with van der Waals surface area (Å²) in [5, 5.41) is 0.966. The van der Waals surface area contributed by atoms with E-state index in [-0.39, 0.29) is 5.97 Å². The lowest BCUT2D eigenvalue weighted by Gasteiger charge is -2.44. The van der Waals surface area contributed by atoms with Crippen molar-refractivity contribution in [3.8, 4) is 0 Å². The van der Waals surface area contributed by atoms with E-state index < -0.39 is 0 Å². The highest BCUT2D eigenvalue weighted by molar-refractivity contribution is 7.17. The summed E-state index contributed by atoms with van der Waals surface area (Å²) < 4.78 is 4.81. The van der Waals surface area contributed by atoms with E-state index in [1.54, 1.807) is 0 Å². The third-order valence-electron chi connectivity index (χ3n) is 4.26. The molecular weight excluding hydrogens is 274 g/mol. The van der Waals surface area contributed by atoms with Crippen molar-refractivity contribution in [2.24, 2.45) is 0 Å². The highest BCUT2D eigenvalue weighted by Crippen LogP contribution is 2.30. The van der Waals surface area contributed by atoms with Crippen molar-refractivity contribution < 1.29 is 9.53 Å². The zero-order chi connectivity index (χ0) is 14.1. The van der Waals surface area contributed by atoms with E-state index in [1.165, 1.54) is 44.3 Å². The number of hydrogen-bond donors (Lipinski definition) is 0. The highest BCUT2D eigenvalue weighted by atomic mass is 32.1. The summed E-state index contributed by atoms with van der Waals surface area (Å²) in [6.45, 7) is 6.26. The summed E-state index contributed by atoms with van der Waals surface area (Å²) >= 11 is 1.46. The van der Waals surface area contributed by atoms with Crippen LogP contribution in [0.5, 0.6) is 0 Å². The maximum Gasteiger partial charge on any atom is 0.350 e. The summed E-state index contributed by atoms with van der Waals surface area (Å²) in [5.74, 6) is -0.275. The van der Waals surface area contributed by atoms with Gasteiger partial charge in [0.05, 0.1) is 12.8 Å². The second kappa shape index (κ2) is 5.69. The Balaban J connectivity index is 1.75. The molecule has 3 heterocycles. The molecule has 0 aliphatic carbocycles. The van der Waals surface area contributed by atoms with Gasteiger partial charge < -0.3 is 9.64 Å². The first-order chi connectivity index (χ1) is 9.69. The van der Waals surface area contributed by atoms with Gasteiger partial charge in [0.15, 0.2) is 5.13 Å². The monoisotopic (exact) mass is 295 g/mol.